The highest BCUT2D eigenvalue weighted by Crippen LogP contribution is 2.35. The maximum absolute atomic E-state index is 12.1. The van der Waals surface area contributed by atoms with Crippen LogP contribution in [0.1, 0.15) is 36.3 Å². The van der Waals surface area contributed by atoms with Crippen molar-refractivity contribution in [1.82, 2.24) is 5.32 Å². The molecule has 1 fully saturated rings. The van der Waals surface area contributed by atoms with Crippen LogP contribution >= 0.6 is 15.9 Å². The molecule has 2 aliphatic rings. The van der Waals surface area contributed by atoms with Crippen molar-refractivity contribution in [2.24, 2.45) is 5.92 Å². The summed E-state index contributed by atoms with van der Waals surface area (Å²) in [7, 11) is 0. The van der Waals surface area contributed by atoms with E-state index in [4.69, 9.17) is 0 Å². The van der Waals surface area contributed by atoms with Crippen LogP contribution < -0.4 is 5.32 Å². The summed E-state index contributed by atoms with van der Waals surface area (Å²) in [5.41, 5.74) is 2.55. The Labute approximate surface area is 116 Å². The normalized spacial score (nSPS) is 29.5. The summed E-state index contributed by atoms with van der Waals surface area (Å²) in [5.74, 6) is 0.918. The van der Waals surface area contributed by atoms with Crippen molar-refractivity contribution in [3.05, 3.63) is 35.4 Å². The van der Waals surface area contributed by atoms with Gasteiger partial charge in [0, 0.05) is 11.4 Å². The number of hydrogen-bond acceptors (Lipinski definition) is 1. The average molecular weight is 308 g/mol. The Morgan fingerprint density at radius 1 is 1.33 bits per heavy atom. The lowest BCUT2D eigenvalue weighted by atomic mass is 9.77. The van der Waals surface area contributed by atoms with Crippen molar-refractivity contribution in [1.29, 1.82) is 0 Å². The van der Waals surface area contributed by atoms with Crippen molar-refractivity contribution >= 4 is 21.8 Å². The third-order valence-electron chi connectivity index (χ3n) is 4.28. The van der Waals surface area contributed by atoms with Crippen LogP contribution in [0.25, 0.3) is 0 Å². The molecule has 1 aromatic rings. The molecule has 1 N–H and O–H groups in total. The first kappa shape index (κ1) is 12.2. The van der Waals surface area contributed by atoms with Gasteiger partial charge in [-0.3, -0.25) is 4.79 Å². The lowest BCUT2D eigenvalue weighted by molar-refractivity contribution is -0.123. The van der Waals surface area contributed by atoms with Gasteiger partial charge in [0.25, 0.3) is 0 Å². The zero-order valence-electron chi connectivity index (χ0n) is 10.4. The van der Waals surface area contributed by atoms with Gasteiger partial charge in [0.15, 0.2) is 0 Å². The minimum atomic E-state index is 0.0939. The number of rotatable bonds is 3. The van der Waals surface area contributed by atoms with E-state index in [-0.39, 0.29) is 11.8 Å². The Kier molecular flexibility index (Phi) is 3.42. The maximum atomic E-state index is 12.1. The van der Waals surface area contributed by atoms with Gasteiger partial charge >= 0.3 is 0 Å². The van der Waals surface area contributed by atoms with Crippen LogP contribution in [-0.4, -0.2) is 17.3 Å². The van der Waals surface area contributed by atoms with Gasteiger partial charge in [0.1, 0.15) is 0 Å². The van der Waals surface area contributed by atoms with E-state index < -0.39 is 0 Å². The molecular weight excluding hydrogens is 290 g/mol. The van der Waals surface area contributed by atoms with Crippen LogP contribution in [-0.2, 0) is 11.2 Å². The summed E-state index contributed by atoms with van der Waals surface area (Å²) in [6.07, 6.45) is 4.66. The van der Waals surface area contributed by atoms with Gasteiger partial charge in [-0.2, -0.15) is 0 Å². The molecule has 3 rings (SSSR count). The summed E-state index contributed by atoms with van der Waals surface area (Å²) in [4.78, 5) is 12.7. The Morgan fingerprint density at radius 2 is 2.17 bits per heavy atom. The molecular formula is C15H18BrNO. The summed E-state index contributed by atoms with van der Waals surface area (Å²) >= 11 is 3.70. The molecule has 0 saturated heterocycles. The standard InChI is InChI=1S/C15H18BrNO/c16-14-7-3-5-11(14)9-17-15(18)13-8-10-4-1-2-6-12(10)13/h1-2,4,6,11,13-14H,3,5,7-9H2,(H,17,18). The van der Waals surface area contributed by atoms with Crippen LogP contribution in [0.2, 0.25) is 0 Å². The molecule has 0 heterocycles. The van der Waals surface area contributed by atoms with E-state index in [1.54, 1.807) is 0 Å². The highest BCUT2D eigenvalue weighted by atomic mass is 79.9. The molecule has 0 spiro atoms. The first-order valence-electron chi connectivity index (χ1n) is 6.75. The van der Waals surface area contributed by atoms with Crippen LogP contribution in [0.3, 0.4) is 0 Å². The van der Waals surface area contributed by atoms with Crippen molar-refractivity contribution < 1.29 is 4.79 Å². The number of carbonyl (C=O) groups is 1. The fourth-order valence-electron chi connectivity index (χ4n) is 3.07. The predicted molar refractivity (Wildman–Crippen MR) is 76.0 cm³/mol. The van der Waals surface area contributed by atoms with Gasteiger partial charge in [-0.05, 0) is 36.3 Å². The maximum Gasteiger partial charge on any atom is 0.227 e. The number of nitrogens with one attached hydrogen (secondary N) is 1. The molecule has 0 aromatic heterocycles. The summed E-state index contributed by atoms with van der Waals surface area (Å²) in [5, 5.41) is 3.13. The molecule has 3 heteroatoms. The summed E-state index contributed by atoms with van der Waals surface area (Å²) in [6, 6.07) is 8.25. The first-order valence-corrected chi connectivity index (χ1v) is 7.67. The van der Waals surface area contributed by atoms with Crippen molar-refractivity contribution in [3.8, 4) is 0 Å². The number of amides is 1. The number of benzene rings is 1. The minimum absolute atomic E-state index is 0.0939. The molecule has 1 amide bonds. The van der Waals surface area contributed by atoms with E-state index in [0.29, 0.717) is 10.7 Å². The second-order valence-electron chi connectivity index (χ2n) is 5.41. The molecule has 2 aliphatic carbocycles. The smallest absolute Gasteiger partial charge is 0.227 e. The molecule has 3 atom stereocenters. The van der Waals surface area contributed by atoms with Gasteiger partial charge in [-0.15, -0.1) is 0 Å². The van der Waals surface area contributed by atoms with Gasteiger partial charge < -0.3 is 5.32 Å². The van der Waals surface area contributed by atoms with E-state index in [0.717, 1.165) is 13.0 Å². The SMILES string of the molecule is O=C(NCC1CCCC1Br)C1Cc2ccccc21. The molecule has 0 bridgehead atoms. The quantitative estimate of drug-likeness (QED) is 0.855. The average Bonchev–Trinajstić information content (AvgIpc) is 2.74. The zero-order valence-corrected chi connectivity index (χ0v) is 11.9. The van der Waals surface area contributed by atoms with Crippen LogP contribution in [0, 0.1) is 5.92 Å². The molecule has 1 saturated carbocycles. The number of carbonyl (C=O) groups excluding carboxylic acids is 1. The largest absolute Gasteiger partial charge is 0.355 e. The second-order valence-corrected chi connectivity index (χ2v) is 6.58. The van der Waals surface area contributed by atoms with Gasteiger partial charge in [0.2, 0.25) is 5.91 Å². The molecule has 0 aliphatic heterocycles. The van der Waals surface area contributed by atoms with Crippen LogP contribution in [0.15, 0.2) is 24.3 Å². The molecule has 96 valence electrons. The molecule has 1 aromatic carbocycles. The summed E-state index contributed by atoms with van der Waals surface area (Å²) < 4.78 is 0. The van der Waals surface area contributed by atoms with E-state index in [1.807, 2.05) is 12.1 Å². The van der Waals surface area contributed by atoms with E-state index in [9.17, 15) is 4.79 Å². The minimum Gasteiger partial charge on any atom is -0.355 e. The number of fused-ring (bicyclic) bond motifs is 1. The molecule has 3 unspecified atom stereocenters. The van der Waals surface area contributed by atoms with Gasteiger partial charge in [0.05, 0.1) is 5.92 Å². The lowest BCUT2D eigenvalue weighted by Crippen LogP contribution is -2.38. The monoisotopic (exact) mass is 307 g/mol. The van der Waals surface area contributed by atoms with Crippen molar-refractivity contribution in [2.45, 2.75) is 36.4 Å². The number of alkyl halides is 1. The van der Waals surface area contributed by atoms with Gasteiger partial charge in [-0.1, -0.05) is 46.6 Å². The van der Waals surface area contributed by atoms with Gasteiger partial charge in [-0.25, -0.2) is 0 Å². The molecule has 2 nitrogen and oxygen atoms in total. The van der Waals surface area contributed by atoms with E-state index in [2.05, 4.69) is 33.4 Å². The fourth-order valence-corrected chi connectivity index (χ4v) is 3.84. The summed E-state index contributed by atoms with van der Waals surface area (Å²) in [6.45, 7) is 0.827. The Morgan fingerprint density at radius 3 is 2.89 bits per heavy atom. The van der Waals surface area contributed by atoms with E-state index >= 15 is 0 Å². The third-order valence-corrected chi connectivity index (χ3v) is 5.48. The van der Waals surface area contributed by atoms with Crippen LogP contribution in [0.4, 0.5) is 0 Å². The second kappa shape index (κ2) is 5.04. The van der Waals surface area contributed by atoms with E-state index in [1.165, 1.54) is 30.4 Å². The molecule has 0 radical (unpaired) electrons. The van der Waals surface area contributed by atoms with Crippen LogP contribution in [0.5, 0.6) is 0 Å². The third kappa shape index (κ3) is 2.20. The van der Waals surface area contributed by atoms with Crippen molar-refractivity contribution in [2.75, 3.05) is 6.54 Å². The number of halogens is 1. The number of hydrogen-bond donors (Lipinski definition) is 1. The highest BCUT2D eigenvalue weighted by Gasteiger charge is 2.32. The van der Waals surface area contributed by atoms with Crippen molar-refractivity contribution in [3.63, 3.8) is 0 Å². The topological polar surface area (TPSA) is 29.1 Å². The Bertz CT molecular complexity index is 460. The molecule has 18 heavy (non-hydrogen) atoms. The Balaban J connectivity index is 1.54. The highest BCUT2D eigenvalue weighted by molar-refractivity contribution is 9.09. The zero-order chi connectivity index (χ0) is 12.5. The lowest BCUT2D eigenvalue weighted by Gasteiger charge is -2.29. The predicted octanol–water partition coefficient (Wildman–Crippen LogP) is 3.01. The Hall–Kier alpha value is -0.830. The fraction of sp³-hybridized carbons (Fsp3) is 0.533. The first-order chi connectivity index (χ1) is 8.75.